The SMILES string of the molecule is CCCCCCCCCCOC(=O)c1ccccc1-c1c2ccc(=O)cc-2oc2cc(O)ccc12. The molecule has 0 saturated heterocycles. The van der Waals surface area contributed by atoms with Crippen LogP contribution in [0.1, 0.15) is 68.6 Å². The van der Waals surface area contributed by atoms with Gasteiger partial charge in [-0.05, 0) is 42.3 Å². The van der Waals surface area contributed by atoms with Crippen molar-refractivity contribution >= 4 is 16.9 Å². The van der Waals surface area contributed by atoms with Gasteiger partial charge in [0.25, 0.3) is 0 Å². The Hall–Kier alpha value is -3.60. The van der Waals surface area contributed by atoms with Crippen LogP contribution < -0.4 is 5.43 Å². The number of ether oxygens (including phenoxy) is 1. The Kier molecular flexibility index (Phi) is 8.19. The molecule has 35 heavy (non-hydrogen) atoms. The van der Waals surface area contributed by atoms with Crippen LogP contribution in [0.25, 0.3) is 33.4 Å². The Morgan fingerprint density at radius 3 is 2.40 bits per heavy atom. The third-order valence-corrected chi connectivity index (χ3v) is 6.32. The zero-order valence-corrected chi connectivity index (χ0v) is 20.2. The van der Waals surface area contributed by atoms with Gasteiger partial charge in [0.1, 0.15) is 17.1 Å². The molecule has 0 bridgehead atoms. The average Bonchev–Trinajstić information content (AvgIpc) is 2.86. The maximum Gasteiger partial charge on any atom is 0.338 e. The highest BCUT2D eigenvalue weighted by molar-refractivity contribution is 6.07. The molecule has 2 aliphatic rings. The summed E-state index contributed by atoms with van der Waals surface area (Å²) >= 11 is 0. The molecule has 0 atom stereocenters. The first-order valence-electron chi connectivity index (χ1n) is 12.5. The van der Waals surface area contributed by atoms with Gasteiger partial charge in [-0.25, -0.2) is 4.79 Å². The molecule has 0 amide bonds. The summed E-state index contributed by atoms with van der Waals surface area (Å²) in [6.07, 6.45) is 9.43. The molecule has 4 rings (SSSR count). The molecule has 5 heteroatoms. The van der Waals surface area contributed by atoms with Crippen LogP contribution in [0.4, 0.5) is 0 Å². The molecule has 2 aromatic carbocycles. The van der Waals surface area contributed by atoms with Crippen molar-refractivity contribution in [2.75, 3.05) is 6.61 Å². The smallest absolute Gasteiger partial charge is 0.338 e. The topological polar surface area (TPSA) is 76.7 Å². The minimum Gasteiger partial charge on any atom is -0.508 e. The van der Waals surface area contributed by atoms with Crippen LogP contribution in [0.2, 0.25) is 0 Å². The molecule has 0 fully saturated rings. The summed E-state index contributed by atoms with van der Waals surface area (Å²) in [4.78, 5) is 25.1. The Morgan fingerprint density at radius 1 is 0.857 bits per heavy atom. The minimum atomic E-state index is -0.370. The molecular weight excluding hydrogens is 440 g/mol. The normalized spacial score (nSPS) is 11.2. The van der Waals surface area contributed by atoms with Gasteiger partial charge in [0.05, 0.1) is 12.2 Å². The van der Waals surface area contributed by atoms with E-state index < -0.39 is 0 Å². The Morgan fingerprint density at radius 2 is 1.60 bits per heavy atom. The first-order valence-corrected chi connectivity index (χ1v) is 12.5. The van der Waals surface area contributed by atoms with Crippen LogP contribution >= 0.6 is 0 Å². The molecule has 2 aromatic rings. The van der Waals surface area contributed by atoms with Crippen LogP contribution in [0.15, 0.2) is 69.9 Å². The van der Waals surface area contributed by atoms with Gasteiger partial charge in [-0.3, -0.25) is 4.79 Å². The number of hydrogen-bond acceptors (Lipinski definition) is 5. The van der Waals surface area contributed by atoms with Crippen molar-refractivity contribution in [1.29, 1.82) is 0 Å². The number of carbonyl (C=O) groups is 1. The third-order valence-electron chi connectivity index (χ3n) is 6.32. The van der Waals surface area contributed by atoms with Crippen LogP contribution in [0, 0.1) is 0 Å². The molecule has 182 valence electrons. The van der Waals surface area contributed by atoms with Gasteiger partial charge >= 0.3 is 5.97 Å². The molecular formula is C30H32O5. The third kappa shape index (κ3) is 5.91. The van der Waals surface area contributed by atoms with Gasteiger partial charge in [0, 0.05) is 28.6 Å². The van der Waals surface area contributed by atoms with Crippen LogP contribution in [0.5, 0.6) is 5.75 Å². The monoisotopic (exact) mass is 472 g/mol. The van der Waals surface area contributed by atoms with E-state index in [4.69, 9.17) is 9.15 Å². The van der Waals surface area contributed by atoms with Crippen molar-refractivity contribution in [2.24, 2.45) is 0 Å². The maximum absolute atomic E-state index is 13.1. The molecule has 1 aliphatic heterocycles. The van der Waals surface area contributed by atoms with Crippen LogP contribution in [0.3, 0.4) is 0 Å². The summed E-state index contributed by atoms with van der Waals surface area (Å²) in [6.45, 7) is 2.61. The van der Waals surface area contributed by atoms with Gasteiger partial charge < -0.3 is 14.3 Å². The standard InChI is InChI=1S/C30H32O5/c1-2-3-4-5-6-7-8-11-18-34-30(33)24-13-10-9-12-23(24)29-25-16-14-21(31)19-27(25)35-28-20-22(32)15-17-26(28)29/h9-10,12-17,19-20,31H,2-8,11,18H2,1H3. The largest absolute Gasteiger partial charge is 0.508 e. The lowest BCUT2D eigenvalue weighted by Gasteiger charge is -2.17. The van der Waals surface area contributed by atoms with E-state index in [9.17, 15) is 14.7 Å². The van der Waals surface area contributed by atoms with E-state index in [0.717, 1.165) is 30.2 Å². The lowest BCUT2D eigenvalue weighted by molar-refractivity contribution is 0.0498. The zero-order valence-electron chi connectivity index (χ0n) is 20.2. The second-order valence-electron chi connectivity index (χ2n) is 8.97. The number of unbranched alkanes of at least 4 members (excludes halogenated alkanes) is 7. The number of rotatable bonds is 11. The number of hydrogen-bond donors (Lipinski definition) is 1. The van der Waals surface area contributed by atoms with E-state index in [1.54, 1.807) is 24.3 Å². The van der Waals surface area contributed by atoms with E-state index in [0.29, 0.717) is 34.6 Å². The summed E-state index contributed by atoms with van der Waals surface area (Å²) < 4.78 is 11.6. The number of phenols is 1. The fraction of sp³-hybridized carbons (Fsp3) is 0.333. The van der Waals surface area contributed by atoms with Crippen molar-refractivity contribution in [1.82, 2.24) is 0 Å². The van der Waals surface area contributed by atoms with Gasteiger partial charge in [0.2, 0.25) is 0 Å². The van der Waals surface area contributed by atoms with Gasteiger partial charge in [-0.1, -0.05) is 70.1 Å². The highest BCUT2D eigenvalue weighted by Gasteiger charge is 2.22. The summed E-state index contributed by atoms with van der Waals surface area (Å²) in [7, 11) is 0. The predicted octanol–water partition coefficient (Wildman–Crippen LogP) is 7.57. The summed E-state index contributed by atoms with van der Waals surface area (Å²) in [5.41, 5.74) is 2.89. The quantitative estimate of drug-likeness (QED) is 0.138. The first kappa shape index (κ1) is 24.5. The Balaban J connectivity index is 1.57. The molecule has 1 N–H and O–H groups in total. The molecule has 0 radical (unpaired) electrons. The highest BCUT2D eigenvalue weighted by atomic mass is 16.5. The number of esters is 1. The predicted molar refractivity (Wildman–Crippen MR) is 139 cm³/mol. The van der Waals surface area contributed by atoms with Crippen molar-refractivity contribution < 1.29 is 19.1 Å². The maximum atomic E-state index is 13.1. The second-order valence-corrected chi connectivity index (χ2v) is 8.97. The number of aromatic hydroxyl groups is 1. The first-order chi connectivity index (χ1) is 17.1. The number of fused-ring (bicyclic) bond motifs is 2. The minimum absolute atomic E-state index is 0.0582. The van der Waals surface area contributed by atoms with Crippen molar-refractivity contribution in [3.05, 3.63) is 76.5 Å². The fourth-order valence-electron chi connectivity index (χ4n) is 4.51. The van der Waals surface area contributed by atoms with Gasteiger partial charge in [-0.15, -0.1) is 0 Å². The number of carbonyl (C=O) groups excluding carboxylic acids is 1. The molecule has 0 spiro atoms. The van der Waals surface area contributed by atoms with Crippen molar-refractivity contribution in [3.63, 3.8) is 0 Å². The van der Waals surface area contributed by atoms with E-state index in [1.165, 1.54) is 50.3 Å². The van der Waals surface area contributed by atoms with E-state index in [-0.39, 0.29) is 17.1 Å². The molecule has 1 heterocycles. The van der Waals surface area contributed by atoms with E-state index >= 15 is 0 Å². The zero-order chi connectivity index (χ0) is 24.6. The van der Waals surface area contributed by atoms with Gasteiger partial charge in [-0.2, -0.15) is 0 Å². The second kappa shape index (κ2) is 11.7. The van der Waals surface area contributed by atoms with Gasteiger partial charge in [0.15, 0.2) is 5.43 Å². The Bertz CT molecular complexity index is 1320. The molecule has 0 saturated carbocycles. The van der Waals surface area contributed by atoms with E-state index in [2.05, 4.69) is 6.92 Å². The van der Waals surface area contributed by atoms with Crippen LogP contribution in [-0.2, 0) is 4.74 Å². The van der Waals surface area contributed by atoms with Crippen LogP contribution in [-0.4, -0.2) is 17.7 Å². The van der Waals surface area contributed by atoms with E-state index in [1.807, 2.05) is 18.2 Å². The average molecular weight is 473 g/mol. The molecule has 1 aliphatic carbocycles. The van der Waals surface area contributed by atoms with Crippen molar-refractivity contribution in [3.8, 4) is 28.2 Å². The summed E-state index contributed by atoms with van der Waals surface area (Å²) in [5, 5.41) is 10.7. The van der Waals surface area contributed by atoms with Crippen molar-refractivity contribution in [2.45, 2.75) is 58.3 Å². The summed E-state index contributed by atoms with van der Waals surface area (Å²) in [5.74, 6) is 0.0838. The fourth-order valence-corrected chi connectivity index (χ4v) is 4.51. The molecule has 5 nitrogen and oxygen atoms in total. The number of benzene rings is 3. The lowest BCUT2D eigenvalue weighted by atomic mass is 9.91. The number of phenolic OH excluding ortho intramolecular Hbond substituents is 1. The molecule has 0 aromatic heterocycles. The molecule has 0 unspecified atom stereocenters. The lowest BCUT2D eigenvalue weighted by Crippen LogP contribution is -2.09. The summed E-state index contributed by atoms with van der Waals surface area (Å²) in [6, 6.07) is 16.8. The highest BCUT2D eigenvalue weighted by Crippen LogP contribution is 2.41. The Labute approximate surface area is 205 Å².